The standard InChI is InChI=1S/C24H30N2O5/c1-3-4-15-30-22-11-5-19(6-12-22)24(28)31-18(2)23(27)25-20-7-9-21(10-8-20)26-13-16-29-17-14-26/h5-12,18H,3-4,13-17H2,1-2H3,(H,25,27). The van der Waals surface area contributed by atoms with Gasteiger partial charge in [0.05, 0.1) is 25.4 Å². The van der Waals surface area contributed by atoms with E-state index in [2.05, 4.69) is 17.1 Å². The molecule has 2 aromatic carbocycles. The lowest BCUT2D eigenvalue weighted by molar-refractivity contribution is -0.123. The molecule has 1 heterocycles. The number of nitrogens with zero attached hydrogens (tertiary/aromatic N) is 1. The van der Waals surface area contributed by atoms with Crippen molar-refractivity contribution >= 4 is 23.3 Å². The highest BCUT2D eigenvalue weighted by atomic mass is 16.5. The zero-order valence-corrected chi connectivity index (χ0v) is 18.1. The zero-order chi connectivity index (χ0) is 22.1. The van der Waals surface area contributed by atoms with Gasteiger partial charge in [-0.05, 0) is 61.9 Å². The van der Waals surface area contributed by atoms with Gasteiger partial charge in [0, 0.05) is 24.5 Å². The zero-order valence-electron chi connectivity index (χ0n) is 18.1. The fourth-order valence-electron chi connectivity index (χ4n) is 3.12. The molecule has 0 saturated carbocycles. The number of anilines is 2. The van der Waals surface area contributed by atoms with Crippen LogP contribution in [-0.4, -0.2) is 50.9 Å². The van der Waals surface area contributed by atoms with Crippen molar-refractivity contribution in [3.8, 4) is 5.75 Å². The van der Waals surface area contributed by atoms with E-state index in [1.165, 1.54) is 0 Å². The fourth-order valence-corrected chi connectivity index (χ4v) is 3.12. The molecule has 166 valence electrons. The number of hydrogen-bond donors (Lipinski definition) is 1. The van der Waals surface area contributed by atoms with Crippen LogP contribution in [0.15, 0.2) is 48.5 Å². The summed E-state index contributed by atoms with van der Waals surface area (Å²) >= 11 is 0. The number of amides is 1. The summed E-state index contributed by atoms with van der Waals surface area (Å²) in [5.41, 5.74) is 2.11. The van der Waals surface area contributed by atoms with E-state index in [-0.39, 0.29) is 5.91 Å². The summed E-state index contributed by atoms with van der Waals surface area (Å²) < 4.78 is 16.3. The lowest BCUT2D eigenvalue weighted by Crippen LogP contribution is -2.36. The predicted octanol–water partition coefficient (Wildman–Crippen LogP) is 3.89. The Morgan fingerprint density at radius 3 is 2.39 bits per heavy atom. The van der Waals surface area contributed by atoms with Crippen molar-refractivity contribution in [1.29, 1.82) is 0 Å². The molecule has 7 heteroatoms. The van der Waals surface area contributed by atoms with E-state index in [1.807, 2.05) is 24.3 Å². The molecule has 1 unspecified atom stereocenters. The Morgan fingerprint density at radius 2 is 1.74 bits per heavy atom. The van der Waals surface area contributed by atoms with Crippen molar-refractivity contribution in [1.82, 2.24) is 0 Å². The van der Waals surface area contributed by atoms with E-state index < -0.39 is 12.1 Å². The van der Waals surface area contributed by atoms with E-state index in [1.54, 1.807) is 31.2 Å². The summed E-state index contributed by atoms with van der Waals surface area (Å²) in [7, 11) is 0. The summed E-state index contributed by atoms with van der Waals surface area (Å²) in [6, 6.07) is 14.3. The van der Waals surface area contributed by atoms with Crippen molar-refractivity contribution < 1.29 is 23.8 Å². The number of unbranched alkanes of at least 4 members (excludes halogenated alkanes) is 1. The maximum absolute atomic E-state index is 12.4. The number of rotatable bonds is 9. The van der Waals surface area contributed by atoms with E-state index in [0.717, 1.165) is 44.8 Å². The first-order valence-electron chi connectivity index (χ1n) is 10.7. The molecule has 0 aromatic heterocycles. The highest BCUT2D eigenvalue weighted by Crippen LogP contribution is 2.19. The average molecular weight is 427 g/mol. The minimum atomic E-state index is -0.924. The monoisotopic (exact) mass is 426 g/mol. The molecular weight excluding hydrogens is 396 g/mol. The second-order valence-corrected chi connectivity index (χ2v) is 7.41. The summed E-state index contributed by atoms with van der Waals surface area (Å²) in [5.74, 6) is -0.228. The van der Waals surface area contributed by atoms with E-state index in [4.69, 9.17) is 14.2 Å². The average Bonchev–Trinajstić information content (AvgIpc) is 2.80. The molecule has 7 nitrogen and oxygen atoms in total. The number of esters is 1. The van der Waals surface area contributed by atoms with Gasteiger partial charge in [0.2, 0.25) is 0 Å². The lowest BCUT2D eigenvalue weighted by Gasteiger charge is -2.28. The number of morpholine rings is 1. The van der Waals surface area contributed by atoms with Crippen molar-refractivity contribution in [2.45, 2.75) is 32.8 Å². The summed E-state index contributed by atoms with van der Waals surface area (Å²) in [5, 5.41) is 2.79. The molecule has 1 saturated heterocycles. The summed E-state index contributed by atoms with van der Waals surface area (Å²) in [6.45, 7) is 7.43. The Balaban J connectivity index is 1.48. The maximum atomic E-state index is 12.4. The summed E-state index contributed by atoms with van der Waals surface area (Å²) in [4.78, 5) is 27.0. The highest BCUT2D eigenvalue weighted by Gasteiger charge is 2.19. The molecule has 0 radical (unpaired) electrons. The molecule has 1 fully saturated rings. The van der Waals surface area contributed by atoms with Crippen LogP contribution in [0.5, 0.6) is 5.75 Å². The minimum absolute atomic E-state index is 0.373. The van der Waals surface area contributed by atoms with Gasteiger partial charge in [-0.1, -0.05) is 13.3 Å². The van der Waals surface area contributed by atoms with Crippen molar-refractivity contribution in [3.63, 3.8) is 0 Å². The highest BCUT2D eigenvalue weighted by molar-refractivity contribution is 5.97. The number of hydrogen-bond acceptors (Lipinski definition) is 6. The predicted molar refractivity (Wildman–Crippen MR) is 120 cm³/mol. The van der Waals surface area contributed by atoms with Crippen LogP contribution in [0.1, 0.15) is 37.0 Å². The number of carbonyl (C=O) groups is 2. The van der Waals surface area contributed by atoms with E-state index in [0.29, 0.717) is 23.6 Å². The third-order valence-electron chi connectivity index (χ3n) is 5.02. The molecule has 3 rings (SSSR count). The van der Waals surface area contributed by atoms with Gasteiger partial charge in [-0.3, -0.25) is 4.79 Å². The Kier molecular flexibility index (Phi) is 8.29. The second-order valence-electron chi connectivity index (χ2n) is 7.41. The van der Waals surface area contributed by atoms with Gasteiger partial charge in [-0.15, -0.1) is 0 Å². The largest absolute Gasteiger partial charge is 0.494 e. The normalized spacial score (nSPS) is 14.6. The van der Waals surface area contributed by atoms with Crippen LogP contribution >= 0.6 is 0 Å². The number of ether oxygens (including phenoxy) is 3. The quantitative estimate of drug-likeness (QED) is 0.484. The third kappa shape index (κ3) is 6.72. The lowest BCUT2D eigenvalue weighted by atomic mass is 10.2. The summed E-state index contributed by atoms with van der Waals surface area (Å²) in [6.07, 6.45) is 1.11. The number of nitrogens with one attached hydrogen (secondary N) is 1. The minimum Gasteiger partial charge on any atom is -0.494 e. The van der Waals surface area contributed by atoms with Gasteiger partial charge in [-0.2, -0.15) is 0 Å². The second kappa shape index (κ2) is 11.4. The molecule has 0 spiro atoms. The molecule has 1 atom stereocenters. The molecule has 31 heavy (non-hydrogen) atoms. The molecule has 1 aliphatic rings. The fraction of sp³-hybridized carbons (Fsp3) is 0.417. The molecular formula is C24H30N2O5. The van der Waals surface area contributed by atoms with Crippen LogP contribution in [0.2, 0.25) is 0 Å². The van der Waals surface area contributed by atoms with Crippen LogP contribution in [-0.2, 0) is 14.3 Å². The van der Waals surface area contributed by atoms with E-state index in [9.17, 15) is 9.59 Å². The molecule has 1 aliphatic heterocycles. The van der Waals surface area contributed by atoms with Crippen LogP contribution in [0.25, 0.3) is 0 Å². The Labute approximate surface area is 183 Å². The smallest absolute Gasteiger partial charge is 0.338 e. The van der Waals surface area contributed by atoms with Crippen molar-refractivity contribution in [2.75, 3.05) is 43.1 Å². The van der Waals surface area contributed by atoms with Crippen LogP contribution in [0.4, 0.5) is 11.4 Å². The molecule has 1 N–H and O–H groups in total. The Morgan fingerprint density at radius 1 is 1.06 bits per heavy atom. The van der Waals surface area contributed by atoms with Gasteiger partial charge in [0.1, 0.15) is 5.75 Å². The molecule has 1 amide bonds. The number of benzene rings is 2. The van der Waals surface area contributed by atoms with Crippen LogP contribution < -0.4 is 15.0 Å². The van der Waals surface area contributed by atoms with Crippen molar-refractivity contribution in [2.24, 2.45) is 0 Å². The van der Waals surface area contributed by atoms with E-state index >= 15 is 0 Å². The molecule has 0 aliphatic carbocycles. The Hall–Kier alpha value is -3.06. The van der Waals surface area contributed by atoms with Crippen LogP contribution in [0, 0.1) is 0 Å². The van der Waals surface area contributed by atoms with Gasteiger partial charge < -0.3 is 24.4 Å². The van der Waals surface area contributed by atoms with Gasteiger partial charge in [-0.25, -0.2) is 4.79 Å². The third-order valence-corrected chi connectivity index (χ3v) is 5.02. The van der Waals surface area contributed by atoms with Gasteiger partial charge >= 0.3 is 5.97 Å². The van der Waals surface area contributed by atoms with Gasteiger partial charge in [0.25, 0.3) is 5.91 Å². The van der Waals surface area contributed by atoms with Gasteiger partial charge in [0.15, 0.2) is 6.10 Å². The maximum Gasteiger partial charge on any atom is 0.338 e. The topological polar surface area (TPSA) is 77.1 Å². The van der Waals surface area contributed by atoms with Crippen molar-refractivity contribution in [3.05, 3.63) is 54.1 Å². The number of carbonyl (C=O) groups excluding carboxylic acids is 2. The SMILES string of the molecule is CCCCOc1ccc(C(=O)OC(C)C(=O)Nc2ccc(N3CCOCC3)cc2)cc1. The Bertz CT molecular complexity index is 845. The first-order valence-corrected chi connectivity index (χ1v) is 10.7. The van der Waals surface area contributed by atoms with Crippen LogP contribution in [0.3, 0.4) is 0 Å². The molecule has 2 aromatic rings. The first-order chi connectivity index (χ1) is 15.1. The first kappa shape index (κ1) is 22.6. The molecule has 0 bridgehead atoms.